The third-order valence-electron chi connectivity index (χ3n) is 6.96. The van der Waals surface area contributed by atoms with Crippen molar-refractivity contribution in [3.05, 3.63) is 0 Å². The van der Waals surface area contributed by atoms with Crippen molar-refractivity contribution in [3.63, 3.8) is 0 Å². The number of piperidine rings is 1. The van der Waals surface area contributed by atoms with Crippen LogP contribution in [-0.4, -0.2) is 70.1 Å². The largest absolute Gasteiger partial charge is 0.369 e. The molecule has 0 bridgehead atoms. The van der Waals surface area contributed by atoms with Crippen molar-refractivity contribution in [2.24, 2.45) is 17.8 Å². The van der Waals surface area contributed by atoms with E-state index in [1.54, 1.807) is 9.80 Å². The Labute approximate surface area is 165 Å². The maximum absolute atomic E-state index is 12.9. The summed E-state index contributed by atoms with van der Waals surface area (Å²) in [6, 6.07) is -0.914. The molecule has 28 heavy (non-hydrogen) atoms. The Bertz CT molecular complexity index is 732. The lowest BCUT2D eigenvalue weighted by atomic mass is 9.94. The zero-order valence-electron chi connectivity index (χ0n) is 17.1. The molecule has 4 rings (SSSR count). The van der Waals surface area contributed by atoms with Gasteiger partial charge in [0, 0.05) is 38.8 Å². The third kappa shape index (κ3) is 3.27. The molecule has 3 saturated heterocycles. The van der Waals surface area contributed by atoms with Crippen LogP contribution in [0.15, 0.2) is 0 Å². The van der Waals surface area contributed by atoms with Crippen LogP contribution in [0, 0.1) is 17.8 Å². The lowest BCUT2D eigenvalue weighted by Gasteiger charge is -2.29. The smallest absolute Gasteiger partial charge is 0.223 e. The molecule has 7 heteroatoms. The average Bonchev–Trinajstić information content (AvgIpc) is 2.95. The van der Waals surface area contributed by atoms with E-state index in [0.717, 1.165) is 12.8 Å². The predicted molar refractivity (Wildman–Crippen MR) is 100 cm³/mol. The van der Waals surface area contributed by atoms with E-state index < -0.39 is 6.04 Å². The Morgan fingerprint density at radius 3 is 2.29 bits per heavy atom. The summed E-state index contributed by atoms with van der Waals surface area (Å²) in [5, 5.41) is 0. The highest BCUT2D eigenvalue weighted by Gasteiger charge is 2.56. The highest BCUT2D eigenvalue weighted by molar-refractivity contribution is 5.94. The number of nitrogens with zero attached hydrogens (tertiary/aromatic N) is 2. The van der Waals surface area contributed by atoms with Crippen molar-refractivity contribution in [2.75, 3.05) is 13.1 Å². The molecule has 6 atom stereocenters. The molecule has 154 valence electrons. The van der Waals surface area contributed by atoms with E-state index >= 15 is 0 Å². The van der Waals surface area contributed by atoms with Crippen LogP contribution < -0.4 is 0 Å². The number of hydrogen-bond acceptors (Lipinski definition) is 5. The Morgan fingerprint density at radius 2 is 1.64 bits per heavy atom. The second-order valence-electron chi connectivity index (χ2n) is 9.65. The Kier molecular flexibility index (Phi) is 4.64. The zero-order chi connectivity index (χ0) is 20.4. The molecule has 4 aliphatic rings. The van der Waals surface area contributed by atoms with Gasteiger partial charge in [-0.15, -0.1) is 0 Å². The highest BCUT2D eigenvalue weighted by atomic mass is 16.5. The zero-order valence-corrected chi connectivity index (χ0v) is 17.1. The minimum Gasteiger partial charge on any atom is -0.369 e. The summed E-state index contributed by atoms with van der Waals surface area (Å²) in [6.45, 7) is 8.21. The number of rotatable bonds is 5. The standard InChI is InChI=1S/C21H30N2O5/c1-11(24)18-20-14(8-21(3,4)28-20)10-23(18)17(27)6-5-16(26)19-15-7-13(15)9-22(19)12(2)25/h13-15,18-20H,5-10H2,1-4H3. The maximum atomic E-state index is 12.9. The fourth-order valence-corrected chi connectivity index (χ4v) is 5.73. The molecule has 3 heterocycles. The summed E-state index contributed by atoms with van der Waals surface area (Å²) in [5.74, 6) is 0.574. The summed E-state index contributed by atoms with van der Waals surface area (Å²) in [4.78, 5) is 53.0. The van der Waals surface area contributed by atoms with Crippen molar-refractivity contribution in [2.45, 2.75) is 77.2 Å². The molecule has 4 fully saturated rings. The summed E-state index contributed by atoms with van der Waals surface area (Å²) >= 11 is 0. The van der Waals surface area contributed by atoms with Gasteiger partial charge in [0.15, 0.2) is 11.6 Å². The molecule has 1 saturated carbocycles. The monoisotopic (exact) mass is 390 g/mol. The van der Waals surface area contributed by atoms with Crippen LogP contribution in [0.3, 0.4) is 0 Å². The van der Waals surface area contributed by atoms with Crippen LogP contribution in [0.25, 0.3) is 0 Å². The number of fused-ring (bicyclic) bond motifs is 2. The molecule has 2 amide bonds. The molecular formula is C21H30N2O5. The summed E-state index contributed by atoms with van der Waals surface area (Å²) in [5.41, 5.74) is -0.270. The number of likely N-dealkylation sites (tertiary alicyclic amines) is 2. The van der Waals surface area contributed by atoms with Gasteiger partial charge in [-0.2, -0.15) is 0 Å². The van der Waals surface area contributed by atoms with Crippen LogP contribution in [0.4, 0.5) is 0 Å². The third-order valence-corrected chi connectivity index (χ3v) is 6.96. The van der Waals surface area contributed by atoms with Gasteiger partial charge in [0.25, 0.3) is 0 Å². The molecule has 0 aromatic heterocycles. The van der Waals surface area contributed by atoms with E-state index in [1.165, 1.54) is 13.8 Å². The minimum absolute atomic E-state index is 0.0234. The number of ether oxygens (including phenoxy) is 1. The Hall–Kier alpha value is -1.76. The van der Waals surface area contributed by atoms with E-state index in [4.69, 9.17) is 4.74 Å². The van der Waals surface area contributed by atoms with Gasteiger partial charge in [-0.25, -0.2) is 0 Å². The van der Waals surface area contributed by atoms with E-state index in [-0.39, 0.29) is 65.8 Å². The van der Waals surface area contributed by atoms with Crippen LogP contribution in [0.2, 0.25) is 0 Å². The van der Waals surface area contributed by atoms with Crippen LogP contribution in [0.1, 0.15) is 53.4 Å². The van der Waals surface area contributed by atoms with Crippen LogP contribution in [0.5, 0.6) is 0 Å². The molecule has 6 unspecified atom stereocenters. The van der Waals surface area contributed by atoms with Crippen molar-refractivity contribution < 1.29 is 23.9 Å². The number of amides is 2. The van der Waals surface area contributed by atoms with Crippen molar-refractivity contribution in [1.82, 2.24) is 9.80 Å². The first-order valence-corrected chi connectivity index (χ1v) is 10.4. The fraction of sp³-hybridized carbons (Fsp3) is 0.810. The Balaban J connectivity index is 1.38. The second kappa shape index (κ2) is 6.65. The van der Waals surface area contributed by atoms with Crippen molar-refractivity contribution in [3.8, 4) is 0 Å². The average molecular weight is 390 g/mol. The number of carbonyl (C=O) groups excluding carboxylic acids is 4. The van der Waals surface area contributed by atoms with E-state index in [1.807, 2.05) is 13.8 Å². The van der Waals surface area contributed by atoms with E-state index in [2.05, 4.69) is 0 Å². The quantitative estimate of drug-likeness (QED) is 0.704. The van der Waals surface area contributed by atoms with E-state index in [0.29, 0.717) is 19.0 Å². The maximum Gasteiger partial charge on any atom is 0.223 e. The first-order valence-electron chi connectivity index (χ1n) is 10.4. The molecule has 0 aromatic carbocycles. The normalized spacial score (nSPS) is 37.6. The number of hydrogen-bond donors (Lipinski definition) is 0. The lowest BCUT2D eigenvalue weighted by molar-refractivity contribution is -0.143. The van der Waals surface area contributed by atoms with E-state index in [9.17, 15) is 19.2 Å². The number of Topliss-reactive ketones (excluding diaryl/α,β-unsaturated/α-hetero) is 2. The molecule has 3 aliphatic heterocycles. The van der Waals surface area contributed by atoms with Gasteiger partial charge < -0.3 is 14.5 Å². The molecular weight excluding hydrogens is 360 g/mol. The number of carbonyl (C=O) groups is 4. The molecule has 0 radical (unpaired) electrons. The summed E-state index contributed by atoms with van der Waals surface area (Å²) < 4.78 is 6.07. The van der Waals surface area contributed by atoms with Gasteiger partial charge >= 0.3 is 0 Å². The lowest BCUT2D eigenvalue weighted by Crippen LogP contribution is -2.46. The molecule has 0 aromatic rings. The molecule has 7 nitrogen and oxygen atoms in total. The first kappa shape index (κ1) is 19.6. The SMILES string of the molecule is CC(=O)C1C2OC(C)(C)CC2CN1C(=O)CCC(=O)C1C2CC2CN1C(C)=O. The van der Waals surface area contributed by atoms with Crippen molar-refractivity contribution >= 4 is 23.4 Å². The van der Waals surface area contributed by atoms with Crippen LogP contribution >= 0.6 is 0 Å². The van der Waals surface area contributed by atoms with Crippen LogP contribution in [-0.2, 0) is 23.9 Å². The highest BCUT2D eigenvalue weighted by Crippen LogP contribution is 2.50. The van der Waals surface area contributed by atoms with Gasteiger partial charge in [0.1, 0.15) is 6.04 Å². The van der Waals surface area contributed by atoms with Gasteiger partial charge in [0.2, 0.25) is 11.8 Å². The van der Waals surface area contributed by atoms with Gasteiger partial charge in [-0.1, -0.05) is 0 Å². The van der Waals surface area contributed by atoms with Crippen molar-refractivity contribution in [1.29, 1.82) is 0 Å². The van der Waals surface area contributed by atoms with Gasteiger partial charge in [0.05, 0.1) is 17.7 Å². The molecule has 1 aliphatic carbocycles. The topological polar surface area (TPSA) is 84.0 Å². The number of ketones is 2. The minimum atomic E-state index is -0.553. The van der Waals surface area contributed by atoms with Gasteiger partial charge in [-0.05, 0) is 45.4 Å². The summed E-state index contributed by atoms with van der Waals surface area (Å²) in [6.07, 6.45) is 1.79. The predicted octanol–water partition coefficient (Wildman–Crippen LogP) is 1.19. The fourth-order valence-electron chi connectivity index (χ4n) is 5.73. The first-order chi connectivity index (χ1) is 13.1. The molecule has 0 N–H and O–H groups in total. The molecule has 0 spiro atoms. The second-order valence-corrected chi connectivity index (χ2v) is 9.65. The Morgan fingerprint density at radius 1 is 0.964 bits per heavy atom. The summed E-state index contributed by atoms with van der Waals surface area (Å²) in [7, 11) is 0. The van der Waals surface area contributed by atoms with Gasteiger partial charge in [-0.3, -0.25) is 19.2 Å².